The summed E-state index contributed by atoms with van der Waals surface area (Å²) < 4.78 is 23.9. The average Bonchev–Trinajstić information content (AvgIpc) is 2.87. The van der Waals surface area contributed by atoms with Crippen molar-refractivity contribution >= 4 is 7.60 Å². The van der Waals surface area contributed by atoms with Gasteiger partial charge in [0, 0.05) is 11.1 Å². The number of phenolic OH excluding ortho intramolecular Hbond substituents is 1. The lowest BCUT2D eigenvalue weighted by Gasteiger charge is -2.31. The van der Waals surface area contributed by atoms with E-state index in [0.717, 1.165) is 29.5 Å². The number of hydrogen-bond donors (Lipinski definition) is 1. The smallest absolute Gasteiger partial charge is 0.335 e. The largest absolute Gasteiger partial charge is 0.507 e. The Morgan fingerprint density at radius 1 is 1.12 bits per heavy atom. The predicted molar refractivity (Wildman–Crippen MR) is 103 cm³/mol. The maximum Gasteiger partial charge on any atom is 0.335 e. The number of hydrogen-bond acceptors (Lipinski definition) is 4. The van der Waals surface area contributed by atoms with Gasteiger partial charge in [0.25, 0.3) is 0 Å². The van der Waals surface area contributed by atoms with Crippen LogP contribution in [-0.4, -0.2) is 17.8 Å². The van der Waals surface area contributed by atoms with Gasteiger partial charge in [-0.2, -0.15) is 0 Å². The van der Waals surface area contributed by atoms with E-state index in [1.165, 1.54) is 0 Å². The van der Waals surface area contributed by atoms with E-state index in [2.05, 4.69) is 41.5 Å². The highest BCUT2D eigenvalue weighted by atomic mass is 31.2. The first-order valence-corrected chi connectivity index (χ1v) is 11.0. The van der Waals surface area contributed by atoms with E-state index in [1.807, 2.05) is 19.1 Å². The predicted octanol–water partition coefficient (Wildman–Crippen LogP) is 5.90. The molecule has 0 amide bonds. The average molecular weight is 368 g/mol. The molecule has 1 aliphatic rings. The summed E-state index contributed by atoms with van der Waals surface area (Å²) in [6.45, 7) is 15.0. The van der Waals surface area contributed by atoms with Gasteiger partial charge in [0.15, 0.2) is 0 Å². The SMILES string of the molecule is CCC(C)(C)c1cc(CP2(=O)OCC(C)O2)cc(C(C)(C)CC)c1O. The van der Waals surface area contributed by atoms with E-state index >= 15 is 0 Å². The van der Waals surface area contributed by atoms with E-state index in [0.29, 0.717) is 12.4 Å². The molecule has 1 N–H and O–H groups in total. The fourth-order valence-corrected chi connectivity index (χ4v) is 4.96. The Bertz CT molecular complexity index is 641. The third kappa shape index (κ3) is 4.30. The fourth-order valence-electron chi connectivity index (χ4n) is 3.06. The van der Waals surface area contributed by atoms with Crippen molar-refractivity contribution < 1.29 is 18.7 Å². The highest BCUT2D eigenvalue weighted by molar-refractivity contribution is 7.53. The van der Waals surface area contributed by atoms with Crippen LogP contribution in [0, 0.1) is 0 Å². The second-order valence-corrected chi connectivity index (χ2v) is 10.5. The summed E-state index contributed by atoms with van der Waals surface area (Å²) in [6, 6.07) is 3.95. The molecule has 2 atom stereocenters. The Labute approximate surface area is 152 Å². The van der Waals surface area contributed by atoms with Gasteiger partial charge in [-0.15, -0.1) is 0 Å². The second-order valence-electron chi connectivity index (χ2n) is 8.50. The van der Waals surface area contributed by atoms with Gasteiger partial charge in [-0.1, -0.05) is 53.7 Å². The fraction of sp³-hybridized carbons (Fsp3) is 0.700. The summed E-state index contributed by atoms with van der Waals surface area (Å²) in [7, 11) is -3.11. The molecule has 0 aromatic heterocycles. The number of rotatable bonds is 6. The first-order chi connectivity index (χ1) is 11.4. The molecule has 1 aromatic rings. The van der Waals surface area contributed by atoms with E-state index < -0.39 is 7.60 Å². The Hall–Kier alpha value is -0.830. The summed E-state index contributed by atoms with van der Waals surface area (Å²) in [6.07, 6.45) is 1.91. The van der Waals surface area contributed by atoms with Crippen molar-refractivity contribution in [3.63, 3.8) is 0 Å². The molecule has 4 nitrogen and oxygen atoms in total. The molecular formula is C20H33O4P. The van der Waals surface area contributed by atoms with Crippen molar-refractivity contribution in [1.82, 2.24) is 0 Å². The highest BCUT2D eigenvalue weighted by Crippen LogP contribution is 2.57. The molecule has 1 fully saturated rings. The maximum atomic E-state index is 12.8. The van der Waals surface area contributed by atoms with Crippen molar-refractivity contribution in [3.8, 4) is 5.75 Å². The Kier molecular flexibility index (Phi) is 5.78. The molecule has 1 aromatic carbocycles. The Balaban J connectivity index is 2.55. The minimum absolute atomic E-state index is 0.138. The molecule has 0 aliphatic carbocycles. The molecule has 1 saturated heterocycles. The summed E-state index contributed by atoms with van der Waals surface area (Å²) >= 11 is 0. The summed E-state index contributed by atoms with van der Waals surface area (Å²) in [4.78, 5) is 0. The van der Waals surface area contributed by atoms with Crippen molar-refractivity contribution in [2.45, 2.75) is 84.4 Å². The molecule has 0 saturated carbocycles. The third-order valence-electron chi connectivity index (χ3n) is 5.62. The van der Waals surface area contributed by atoms with Crippen LogP contribution in [0.2, 0.25) is 0 Å². The molecule has 142 valence electrons. The highest BCUT2D eigenvalue weighted by Gasteiger charge is 2.36. The number of phenols is 1. The molecule has 1 heterocycles. The molecule has 1 aliphatic heterocycles. The van der Waals surface area contributed by atoms with Crippen LogP contribution in [0.15, 0.2) is 12.1 Å². The van der Waals surface area contributed by atoms with Crippen molar-refractivity contribution in [2.24, 2.45) is 0 Å². The standard InChI is InChI=1S/C20H33O4P/c1-8-19(4,5)16-10-15(13-25(22)23-12-14(3)24-25)11-17(18(16)21)20(6,7)9-2/h10-11,14,21H,8-9,12-13H2,1-7H3. The summed E-state index contributed by atoms with van der Waals surface area (Å²) in [5.74, 6) is 0.363. The minimum atomic E-state index is -3.11. The van der Waals surface area contributed by atoms with Crippen molar-refractivity contribution in [2.75, 3.05) is 6.61 Å². The van der Waals surface area contributed by atoms with Gasteiger partial charge < -0.3 is 14.2 Å². The molecule has 2 rings (SSSR count). The van der Waals surface area contributed by atoms with Crippen LogP contribution in [0.3, 0.4) is 0 Å². The zero-order chi connectivity index (χ0) is 19.0. The van der Waals surface area contributed by atoms with Crippen LogP contribution in [0.4, 0.5) is 0 Å². The lowest BCUT2D eigenvalue weighted by atomic mass is 9.75. The van der Waals surface area contributed by atoms with Crippen LogP contribution < -0.4 is 0 Å². The minimum Gasteiger partial charge on any atom is -0.507 e. The first kappa shape index (κ1) is 20.5. The third-order valence-corrected chi connectivity index (χ3v) is 7.59. The van der Waals surface area contributed by atoms with Gasteiger partial charge in [0.2, 0.25) is 0 Å². The summed E-state index contributed by atoms with van der Waals surface area (Å²) in [5.41, 5.74) is 2.38. The number of aromatic hydroxyl groups is 1. The van der Waals surface area contributed by atoms with Gasteiger partial charge in [-0.05, 0) is 36.2 Å². The van der Waals surface area contributed by atoms with Crippen LogP contribution >= 0.6 is 7.60 Å². The van der Waals surface area contributed by atoms with E-state index in [4.69, 9.17) is 9.05 Å². The zero-order valence-electron chi connectivity index (χ0n) is 16.7. The van der Waals surface area contributed by atoms with Crippen LogP contribution in [-0.2, 0) is 30.6 Å². The summed E-state index contributed by atoms with van der Waals surface area (Å²) in [5, 5.41) is 11.0. The van der Waals surface area contributed by atoms with E-state index in [1.54, 1.807) is 0 Å². The van der Waals surface area contributed by atoms with Gasteiger partial charge in [-0.25, -0.2) is 0 Å². The van der Waals surface area contributed by atoms with Crippen LogP contribution in [0.5, 0.6) is 5.75 Å². The normalized spacial score (nSPS) is 24.7. The first-order valence-electron chi connectivity index (χ1n) is 9.23. The molecule has 0 radical (unpaired) electrons. The van der Waals surface area contributed by atoms with Crippen LogP contribution in [0.25, 0.3) is 0 Å². The van der Waals surface area contributed by atoms with E-state index in [9.17, 15) is 9.67 Å². The number of benzene rings is 1. The zero-order valence-corrected chi connectivity index (χ0v) is 17.6. The molecule has 2 unspecified atom stereocenters. The topological polar surface area (TPSA) is 55.8 Å². The quantitative estimate of drug-likeness (QED) is 0.636. The molecular weight excluding hydrogens is 335 g/mol. The van der Waals surface area contributed by atoms with Gasteiger partial charge >= 0.3 is 7.60 Å². The molecule has 25 heavy (non-hydrogen) atoms. The lowest BCUT2D eigenvalue weighted by molar-refractivity contribution is 0.256. The Morgan fingerprint density at radius 3 is 1.96 bits per heavy atom. The molecule has 5 heteroatoms. The van der Waals surface area contributed by atoms with Gasteiger partial charge in [0.1, 0.15) is 5.75 Å². The second kappa shape index (κ2) is 7.06. The van der Waals surface area contributed by atoms with Crippen molar-refractivity contribution in [3.05, 3.63) is 28.8 Å². The molecule has 0 bridgehead atoms. The monoisotopic (exact) mass is 368 g/mol. The molecule has 0 spiro atoms. The maximum absolute atomic E-state index is 12.8. The van der Waals surface area contributed by atoms with Gasteiger partial charge in [-0.3, -0.25) is 4.57 Å². The Morgan fingerprint density at radius 2 is 1.60 bits per heavy atom. The van der Waals surface area contributed by atoms with Crippen LogP contribution in [0.1, 0.15) is 78.0 Å². The lowest BCUT2D eigenvalue weighted by Crippen LogP contribution is -2.21. The van der Waals surface area contributed by atoms with E-state index in [-0.39, 0.29) is 23.1 Å². The van der Waals surface area contributed by atoms with Gasteiger partial charge in [0.05, 0.1) is 18.9 Å². The van der Waals surface area contributed by atoms with Crippen molar-refractivity contribution in [1.29, 1.82) is 0 Å².